The number of aromatic amines is 1. The number of para-hydroxylation sites is 1. The average molecular weight is 297 g/mol. The molecule has 0 aliphatic rings. The first-order valence-electron chi connectivity index (χ1n) is 6.76. The van der Waals surface area contributed by atoms with Gasteiger partial charge in [0.1, 0.15) is 5.82 Å². The minimum Gasteiger partial charge on any atom is -0.310 e. The van der Waals surface area contributed by atoms with Gasteiger partial charge in [-0.05, 0) is 30.7 Å². The van der Waals surface area contributed by atoms with E-state index in [1.165, 1.54) is 0 Å². The minimum atomic E-state index is -0.0749. The van der Waals surface area contributed by atoms with Crippen molar-refractivity contribution in [1.29, 1.82) is 0 Å². The van der Waals surface area contributed by atoms with Crippen molar-refractivity contribution in [3.63, 3.8) is 0 Å². The Hall–Kier alpha value is -2.14. The Labute approximate surface area is 126 Å². The van der Waals surface area contributed by atoms with E-state index in [4.69, 9.17) is 0 Å². The van der Waals surface area contributed by atoms with Crippen LogP contribution in [-0.4, -0.2) is 20.7 Å². The Morgan fingerprint density at radius 2 is 2.05 bits per heavy atom. The summed E-state index contributed by atoms with van der Waals surface area (Å²) in [6.45, 7) is 2.02. The summed E-state index contributed by atoms with van der Waals surface area (Å²) < 4.78 is 0. The summed E-state index contributed by atoms with van der Waals surface area (Å²) in [5, 5.41) is 1.62. The van der Waals surface area contributed by atoms with Crippen molar-refractivity contribution in [2.75, 3.05) is 5.75 Å². The number of aromatic nitrogens is 3. The van der Waals surface area contributed by atoms with Gasteiger partial charge in [-0.2, -0.15) is 0 Å². The number of nitrogens with one attached hydrogen (secondary N) is 1. The first-order chi connectivity index (χ1) is 10.2. The maximum Gasteiger partial charge on any atom is 0.258 e. The second kappa shape index (κ2) is 6.10. The van der Waals surface area contributed by atoms with E-state index in [-0.39, 0.29) is 5.56 Å². The van der Waals surface area contributed by atoms with E-state index in [0.29, 0.717) is 11.8 Å². The fourth-order valence-corrected chi connectivity index (χ4v) is 2.84. The first kappa shape index (κ1) is 13.8. The smallest absolute Gasteiger partial charge is 0.258 e. The van der Waals surface area contributed by atoms with Crippen LogP contribution in [0.1, 0.15) is 11.4 Å². The van der Waals surface area contributed by atoms with Crippen molar-refractivity contribution in [1.82, 2.24) is 15.0 Å². The van der Waals surface area contributed by atoms with Crippen LogP contribution in [0.5, 0.6) is 0 Å². The molecule has 4 nitrogen and oxygen atoms in total. The van der Waals surface area contributed by atoms with Gasteiger partial charge in [0.15, 0.2) is 0 Å². The molecule has 0 unspecified atom stereocenters. The zero-order valence-corrected chi connectivity index (χ0v) is 12.5. The number of thioether (sulfide) groups is 1. The van der Waals surface area contributed by atoms with Gasteiger partial charge in [0, 0.05) is 18.4 Å². The number of H-pyrrole nitrogens is 1. The summed E-state index contributed by atoms with van der Waals surface area (Å²) in [6, 6.07) is 11.4. The van der Waals surface area contributed by atoms with Gasteiger partial charge in [-0.15, -0.1) is 11.8 Å². The number of fused-ring (bicyclic) bond motifs is 1. The van der Waals surface area contributed by atoms with Crippen LogP contribution in [0.25, 0.3) is 10.9 Å². The zero-order valence-electron chi connectivity index (χ0n) is 11.7. The highest BCUT2D eigenvalue weighted by Gasteiger charge is 2.03. The van der Waals surface area contributed by atoms with Crippen LogP contribution >= 0.6 is 11.8 Å². The Kier molecular flexibility index (Phi) is 4.01. The van der Waals surface area contributed by atoms with Crippen LogP contribution in [0.15, 0.2) is 52.4 Å². The Bertz CT molecular complexity index is 812. The van der Waals surface area contributed by atoms with Gasteiger partial charge < -0.3 is 4.98 Å². The molecule has 0 bridgehead atoms. The van der Waals surface area contributed by atoms with Crippen LogP contribution in [0, 0.1) is 6.92 Å². The second-order valence-corrected chi connectivity index (χ2v) is 5.92. The number of hydrogen-bond donors (Lipinski definition) is 1. The van der Waals surface area contributed by atoms with Gasteiger partial charge in [0.2, 0.25) is 0 Å². The predicted molar refractivity (Wildman–Crippen MR) is 85.8 cm³/mol. The molecule has 0 saturated heterocycles. The molecule has 3 aromatic rings. The SMILES string of the molecule is Cc1ccc(SCCc2nc3ccccc3c(=O)[nH]2)nc1. The molecule has 3 rings (SSSR count). The number of nitrogens with zero attached hydrogens (tertiary/aromatic N) is 2. The lowest BCUT2D eigenvalue weighted by Crippen LogP contribution is -2.12. The third kappa shape index (κ3) is 3.31. The molecule has 0 fully saturated rings. The van der Waals surface area contributed by atoms with Crippen molar-refractivity contribution in [2.45, 2.75) is 18.4 Å². The molecule has 2 heterocycles. The molecule has 0 spiro atoms. The summed E-state index contributed by atoms with van der Waals surface area (Å²) in [4.78, 5) is 23.6. The summed E-state index contributed by atoms with van der Waals surface area (Å²) in [6.07, 6.45) is 2.57. The predicted octanol–water partition coefficient (Wildman–Crippen LogP) is 2.96. The van der Waals surface area contributed by atoms with Crippen LogP contribution in [0.2, 0.25) is 0 Å². The van der Waals surface area contributed by atoms with Gasteiger partial charge in [-0.1, -0.05) is 18.2 Å². The lowest BCUT2D eigenvalue weighted by molar-refractivity contribution is 0.950. The summed E-state index contributed by atoms with van der Waals surface area (Å²) >= 11 is 1.66. The Balaban J connectivity index is 1.70. The minimum absolute atomic E-state index is 0.0749. The normalized spacial score (nSPS) is 10.9. The number of rotatable bonds is 4. The quantitative estimate of drug-likeness (QED) is 0.752. The maximum atomic E-state index is 12.0. The Morgan fingerprint density at radius 3 is 2.86 bits per heavy atom. The van der Waals surface area contributed by atoms with E-state index in [0.717, 1.165) is 27.7 Å². The van der Waals surface area contributed by atoms with E-state index >= 15 is 0 Å². The number of benzene rings is 1. The molecular weight excluding hydrogens is 282 g/mol. The third-order valence-electron chi connectivity index (χ3n) is 3.13. The highest BCUT2D eigenvalue weighted by molar-refractivity contribution is 7.99. The van der Waals surface area contributed by atoms with Gasteiger partial charge >= 0.3 is 0 Å². The summed E-state index contributed by atoms with van der Waals surface area (Å²) in [7, 11) is 0. The van der Waals surface area contributed by atoms with Gasteiger partial charge in [0.05, 0.1) is 15.9 Å². The third-order valence-corrected chi connectivity index (χ3v) is 4.08. The van der Waals surface area contributed by atoms with E-state index < -0.39 is 0 Å². The molecule has 0 amide bonds. The summed E-state index contributed by atoms with van der Waals surface area (Å²) in [5.74, 6) is 1.55. The number of hydrogen-bond acceptors (Lipinski definition) is 4. The van der Waals surface area contributed by atoms with Crippen molar-refractivity contribution < 1.29 is 0 Å². The molecule has 0 aliphatic carbocycles. The molecule has 21 heavy (non-hydrogen) atoms. The molecule has 0 saturated carbocycles. The van der Waals surface area contributed by atoms with Crippen LogP contribution < -0.4 is 5.56 Å². The molecule has 1 aromatic carbocycles. The lowest BCUT2D eigenvalue weighted by atomic mass is 10.2. The van der Waals surface area contributed by atoms with Gasteiger partial charge in [0.25, 0.3) is 5.56 Å². The average Bonchev–Trinajstić information content (AvgIpc) is 2.49. The molecule has 2 aromatic heterocycles. The maximum absolute atomic E-state index is 12.0. The number of aryl methyl sites for hydroxylation is 2. The molecule has 0 atom stereocenters. The molecule has 106 valence electrons. The molecular formula is C16H15N3OS. The van der Waals surface area contributed by atoms with Crippen LogP contribution in [0.3, 0.4) is 0 Å². The molecule has 5 heteroatoms. The zero-order chi connectivity index (χ0) is 14.7. The van der Waals surface area contributed by atoms with Gasteiger partial charge in [-0.3, -0.25) is 4.79 Å². The summed E-state index contributed by atoms with van der Waals surface area (Å²) in [5.41, 5.74) is 1.82. The second-order valence-electron chi connectivity index (χ2n) is 4.80. The van der Waals surface area contributed by atoms with Gasteiger partial charge in [-0.25, -0.2) is 9.97 Å². The Morgan fingerprint density at radius 1 is 1.19 bits per heavy atom. The van der Waals surface area contributed by atoms with E-state index in [1.807, 2.05) is 43.5 Å². The van der Waals surface area contributed by atoms with Crippen molar-refractivity contribution in [3.8, 4) is 0 Å². The number of pyridine rings is 1. The largest absolute Gasteiger partial charge is 0.310 e. The molecule has 0 aliphatic heterocycles. The molecule has 1 N–H and O–H groups in total. The first-order valence-corrected chi connectivity index (χ1v) is 7.74. The topological polar surface area (TPSA) is 58.6 Å². The highest BCUT2D eigenvalue weighted by Crippen LogP contribution is 2.16. The van der Waals surface area contributed by atoms with Crippen LogP contribution in [0.4, 0.5) is 0 Å². The van der Waals surface area contributed by atoms with Crippen LogP contribution in [-0.2, 0) is 6.42 Å². The standard InChI is InChI=1S/C16H15N3OS/c1-11-6-7-15(17-10-11)21-9-8-14-18-13-5-3-2-4-12(13)16(20)19-14/h2-7,10H,8-9H2,1H3,(H,18,19,20). The fraction of sp³-hybridized carbons (Fsp3) is 0.188. The lowest BCUT2D eigenvalue weighted by Gasteiger charge is -2.03. The fourth-order valence-electron chi connectivity index (χ4n) is 2.05. The van der Waals surface area contributed by atoms with Crippen molar-refractivity contribution in [3.05, 3.63) is 64.3 Å². The highest BCUT2D eigenvalue weighted by atomic mass is 32.2. The van der Waals surface area contributed by atoms with E-state index in [2.05, 4.69) is 15.0 Å². The van der Waals surface area contributed by atoms with E-state index in [9.17, 15) is 4.79 Å². The molecule has 0 radical (unpaired) electrons. The van der Waals surface area contributed by atoms with Crippen molar-refractivity contribution in [2.24, 2.45) is 0 Å². The van der Waals surface area contributed by atoms with Crippen molar-refractivity contribution >= 4 is 22.7 Å². The monoisotopic (exact) mass is 297 g/mol. The van der Waals surface area contributed by atoms with E-state index in [1.54, 1.807) is 17.8 Å².